The van der Waals surface area contributed by atoms with Gasteiger partial charge in [0.05, 0.1) is 0 Å². The number of halogens is 1. The van der Waals surface area contributed by atoms with Gasteiger partial charge in [0.2, 0.25) is 0 Å². The molecule has 0 unspecified atom stereocenters. The number of urea groups is 1. The molecule has 0 atom stereocenters. The molecule has 1 heterocycles. The Hall–Kier alpha value is -1.36. The van der Waals surface area contributed by atoms with Gasteiger partial charge in [-0.2, -0.15) is 0 Å². The molecule has 0 aromatic heterocycles. The van der Waals surface area contributed by atoms with Gasteiger partial charge in [0.25, 0.3) is 5.91 Å². The van der Waals surface area contributed by atoms with Gasteiger partial charge in [0, 0.05) is 11.0 Å². The van der Waals surface area contributed by atoms with Gasteiger partial charge in [-0.1, -0.05) is 28.1 Å². The SMILES string of the molecule is CC1(C)C(=O)NC(=O)N1Cc1ccc(Br)cc1. The van der Waals surface area contributed by atoms with Crippen molar-refractivity contribution in [2.24, 2.45) is 0 Å². The number of nitrogens with one attached hydrogen (secondary N) is 1. The van der Waals surface area contributed by atoms with E-state index in [2.05, 4.69) is 21.2 Å². The summed E-state index contributed by atoms with van der Waals surface area (Å²) in [7, 11) is 0. The van der Waals surface area contributed by atoms with Crippen LogP contribution in [-0.4, -0.2) is 22.4 Å². The molecule has 2 rings (SSSR count). The number of hydrogen-bond acceptors (Lipinski definition) is 2. The first-order valence-corrected chi connectivity index (χ1v) is 6.08. The van der Waals surface area contributed by atoms with Gasteiger partial charge >= 0.3 is 6.03 Å². The molecule has 0 radical (unpaired) electrons. The summed E-state index contributed by atoms with van der Waals surface area (Å²) in [5.74, 6) is -0.250. The minimum atomic E-state index is -0.788. The van der Waals surface area contributed by atoms with E-state index in [1.54, 1.807) is 18.7 Å². The van der Waals surface area contributed by atoms with Gasteiger partial charge in [0.1, 0.15) is 5.54 Å². The lowest BCUT2D eigenvalue weighted by molar-refractivity contribution is -0.125. The molecule has 1 fully saturated rings. The monoisotopic (exact) mass is 296 g/mol. The Morgan fingerprint density at radius 3 is 2.29 bits per heavy atom. The van der Waals surface area contributed by atoms with Crippen LogP contribution in [0.25, 0.3) is 0 Å². The molecule has 0 aliphatic carbocycles. The molecule has 1 N–H and O–H groups in total. The lowest BCUT2D eigenvalue weighted by Gasteiger charge is -2.27. The Balaban J connectivity index is 2.21. The normalized spacial score (nSPS) is 18.4. The van der Waals surface area contributed by atoms with Crippen LogP contribution < -0.4 is 5.32 Å². The van der Waals surface area contributed by atoms with E-state index in [4.69, 9.17) is 0 Å². The van der Waals surface area contributed by atoms with Crippen molar-refractivity contribution in [2.45, 2.75) is 25.9 Å². The number of amides is 3. The molecular formula is C12H13BrN2O2. The highest BCUT2D eigenvalue weighted by Gasteiger charge is 2.45. The number of carbonyl (C=O) groups is 2. The van der Waals surface area contributed by atoms with E-state index in [-0.39, 0.29) is 11.9 Å². The Bertz CT molecular complexity index is 468. The van der Waals surface area contributed by atoms with Gasteiger partial charge in [-0.3, -0.25) is 10.1 Å². The summed E-state index contributed by atoms with van der Waals surface area (Å²) >= 11 is 3.35. The molecular weight excluding hydrogens is 284 g/mol. The van der Waals surface area contributed by atoms with E-state index in [1.807, 2.05) is 24.3 Å². The van der Waals surface area contributed by atoms with Crippen LogP contribution in [0.1, 0.15) is 19.4 Å². The molecule has 0 saturated carbocycles. The van der Waals surface area contributed by atoms with Crippen LogP contribution in [0.5, 0.6) is 0 Å². The molecule has 1 aliphatic rings. The quantitative estimate of drug-likeness (QED) is 0.851. The maximum Gasteiger partial charge on any atom is 0.325 e. The van der Waals surface area contributed by atoms with Crippen molar-refractivity contribution in [2.75, 3.05) is 0 Å². The molecule has 17 heavy (non-hydrogen) atoms. The van der Waals surface area contributed by atoms with Crippen molar-refractivity contribution in [3.63, 3.8) is 0 Å². The summed E-state index contributed by atoms with van der Waals surface area (Å²) in [6.45, 7) is 3.91. The fourth-order valence-electron chi connectivity index (χ4n) is 1.74. The van der Waals surface area contributed by atoms with Crippen molar-refractivity contribution in [1.29, 1.82) is 0 Å². The summed E-state index contributed by atoms with van der Waals surface area (Å²) in [5.41, 5.74) is 0.204. The minimum Gasteiger partial charge on any atom is -0.306 e. The van der Waals surface area contributed by atoms with E-state index < -0.39 is 5.54 Å². The third kappa shape index (κ3) is 2.20. The Morgan fingerprint density at radius 2 is 1.82 bits per heavy atom. The van der Waals surface area contributed by atoms with Crippen LogP contribution in [0.3, 0.4) is 0 Å². The second-order valence-corrected chi connectivity index (χ2v) is 5.45. The summed E-state index contributed by atoms with van der Waals surface area (Å²) in [6, 6.07) is 7.35. The van der Waals surface area contributed by atoms with Gasteiger partial charge < -0.3 is 4.90 Å². The fraction of sp³-hybridized carbons (Fsp3) is 0.333. The molecule has 0 bridgehead atoms. The average Bonchev–Trinajstić information content (AvgIpc) is 2.44. The number of rotatable bonds is 2. The minimum absolute atomic E-state index is 0.250. The van der Waals surface area contributed by atoms with E-state index in [9.17, 15) is 9.59 Å². The van der Waals surface area contributed by atoms with E-state index in [1.165, 1.54) is 0 Å². The number of benzene rings is 1. The summed E-state index contributed by atoms with van der Waals surface area (Å²) in [4.78, 5) is 24.8. The zero-order valence-corrected chi connectivity index (χ0v) is 11.2. The number of imide groups is 1. The summed E-state index contributed by atoms with van der Waals surface area (Å²) < 4.78 is 0.988. The zero-order chi connectivity index (χ0) is 12.6. The van der Waals surface area contributed by atoms with E-state index >= 15 is 0 Å². The zero-order valence-electron chi connectivity index (χ0n) is 9.66. The van der Waals surface area contributed by atoms with Gasteiger partial charge in [-0.05, 0) is 31.5 Å². The van der Waals surface area contributed by atoms with Crippen LogP contribution in [0.4, 0.5) is 4.79 Å². The maximum absolute atomic E-state index is 11.7. The maximum atomic E-state index is 11.7. The highest BCUT2D eigenvalue weighted by molar-refractivity contribution is 9.10. The topological polar surface area (TPSA) is 49.4 Å². The van der Waals surface area contributed by atoms with Crippen molar-refractivity contribution >= 4 is 27.9 Å². The molecule has 4 nitrogen and oxygen atoms in total. The first kappa shape index (κ1) is 12.1. The van der Waals surface area contributed by atoms with E-state index in [0.717, 1.165) is 10.0 Å². The smallest absolute Gasteiger partial charge is 0.306 e. The molecule has 1 saturated heterocycles. The van der Waals surface area contributed by atoms with Crippen LogP contribution in [0.15, 0.2) is 28.7 Å². The number of carbonyl (C=O) groups excluding carboxylic acids is 2. The predicted octanol–water partition coefficient (Wildman–Crippen LogP) is 2.28. The third-order valence-electron chi connectivity index (χ3n) is 2.95. The van der Waals surface area contributed by atoms with Crippen LogP contribution in [-0.2, 0) is 11.3 Å². The second kappa shape index (κ2) is 4.14. The Kier molecular flexibility index (Phi) is 2.95. The van der Waals surface area contributed by atoms with Crippen molar-refractivity contribution in [3.05, 3.63) is 34.3 Å². The number of nitrogens with zero attached hydrogens (tertiary/aromatic N) is 1. The lowest BCUT2D eigenvalue weighted by Crippen LogP contribution is -2.43. The van der Waals surface area contributed by atoms with Gasteiger partial charge in [-0.15, -0.1) is 0 Å². The Labute approximate surface area is 108 Å². The molecule has 1 aromatic carbocycles. The molecule has 0 spiro atoms. The van der Waals surface area contributed by atoms with Crippen LogP contribution >= 0.6 is 15.9 Å². The van der Waals surface area contributed by atoms with Crippen LogP contribution in [0, 0.1) is 0 Å². The predicted molar refractivity (Wildman–Crippen MR) is 67.3 cm³/mol. The molecule has 5 heteroatoms. The van der Waals surface area contributed by atoms with Crippen molar-refractivity contribution < 1.29 is 9.59 Å². The summed E-state index contributed by atoms with van der Waals surface area (Å²) in [6.07, 6.45) is 0. The fourth-order valence-corrected chi connectivity index (χ4v) is 2.00. The third-order valence-corrected chi connectivity index (χ3v) is 3.48. The van der Waals surface area contributed by atoms with Gasteiger partial charge in [-0.25, -0.2) is 4.79 Å². The first-order valence-electron chi connectivity index (χ1n) is 5.29. The van der Waals surface area contributed by atoms with Gasteiger partial charge in [0.15, 0.2) is 0 Å². The largest absolute Gasteiger partial charge is 0.325 e. The first-order chi connectivity index (χ1) is 7.91. The second-order valence-electron chi connectivity index (χ2n) is 4.53. The molecule has 1 aliphatic heterocycles. The lowest BCUT2D eigenvalue weighted by atomic mass is 10.0. The number of hydrogen-bond donors (Lipinski definition) is 1. The molecule has 90 valence electrons. The van der Waals surface area contributed by atoms with E-state index in [0.29, 0.717) is 6.54 Å². The average molecular weight is 297 g/mol. The molecule has 3 amide bonds. The van der Waals surface area contributed by atoms with Crippen molar-refractivity contribution in [3.8, 4) is 0 Å². The molecule has 1 aromatic rings. The highest BCUT2D eigenvalue weighted by atomic mass is 79.9. The Morgan fingerprint density at radius 1 is 1.24 bits per heavy atom. The summed E-state index contributed by atoms with van der Waals surface area (Å²) in [5, 5.41) is 2.33. The van der Waals surface area contributed by atoms with Crippen LogP contribution in [0.2, 0.25) is 0 Å². The van der Waals surface area contributed by atoms with Crippen molar-refractivity contribution in [1.82, 2.24) is 10.2 Å². The highest BCUT2D eigenvalue weighted by Crippen LogP contribution is 2.23. The standard InChI is InChI=1S/C12H13BrN2O2/c1-12(2)10(16)14-11(17)15(12)7-8-3-5-9(13)6-4-8/h3-6H,7H2,1-2H3,(H,14,16,17).